The van der Waals surface area contributed by atoms with Gasteiger partial charge >= 0.3 is 0 Å². The van der Waals surface area contributed by atoms with Gasteiger partial charge in [0.1, 0.15) is 5.88 Å². The highest BCUT2D eigenvalue weighted by Crippen LogP contribution is 2.19. The molecule has 0 aromatic heterocycles. The average Bonchev–Trinajstić information content (AvgIpc) is 2.26. The summed E-state index contributed by atoms with van der Waals surface area (Å²) >= 11 is 5.50. The molecule has 0 bridgehead atoms. The van der Waals surface area contributed by atoms with Crippen molar-refractivity contribution in [3.63, 3.8) is 0 Å². The zero-order valence-corrected chi connectivity index (χ0v) is 9.21. The lowest BCUT2D eigenvalue weighted by atomic mass is 10.1. The summed E-state index contributed by atoms with van der Waals surface area (Å²) in [4.78, 5) is 13.0. The average molecular weight is 212 g/mol. The number of alkyl halides is 1. The third-order valence-corrected chi connectivity index (χ3v) is 2.45. The lowest BCUT2D eigenvalue weighted by Gasteiger charge is -2.19. The second-order valence-electron chi connectivity index (χ2n) is 3.07. The van der Waals surface area contributed by atoms with E-state index in [0.29, 0.717) is 0 Å². The predicted molar refractivity (Wildman–Crippen MR) is 60.0 cm³/mol. The summed E-state index contributed by atoms with van der Waals surface area (Å²) in [5, 5.41) is 0. The summed E-state index contributed by atoms with van der Waals surface area (Å²) in [5.41, 5.74) is 2.11. The van der Waals surface area contributed by atoms with Crippen molar-refractivity contribution in [2.75, 3.05) is 17.8 Å². The van der Waals surface area contributed by atoms with E-state index in [2.05, 4.69) is 6.92 Å². The van der Waals surface area contributed by atoms with Crippen molar-refractivity contribution in [1.29, 1.82) is 0 Å². The molecule has 1 amide bonds. The second-order valence-corrected chi connectivity index (χ2v) is 3.34. The molecule has 0 radical (unpaired) electrons. The molecule has 0 unspecified atom stereocenters. The second kappa shape index (κ2) is 5.01. The van der Waals surface area contributed by atoms with Gasteiger partial charge in [0.05, 0.1) is 0 Å². The summed E-state index contributed by atoms with van der Waals surface area (Å²) in [6, 6.07) is 7.85. The Morgan fingerprint density at radius 3 is 2.64 bits per heavy atom. The van der Waals surface area contributed by atoms with Crippen LogP contribution in [0.15, 0.2) is 24.3 Å². The first-order chi connectivity index (χ1) is 6.70. The summed E-state index contributed by atoms with van der Waals surface area (Å²) in [7, 11) is 1.75. The highest BCUT2D eigenvalue weighted by molar-refractivity contribution is 6.29. The Morgan fingerprint density at radius 2 is 2.07 bits per heavy atom. The standard InChI is InChI=1S/C11H14ClNO/c1-3-9-6-4-5-7-10(9)13(2)11(14)8-12/h4-7H,3,8H2,1-2H3. The van der Waals surface area contributed by atoms with Crippen LogP contribution in [0.5, 0.6) is 0 Å². The van der Waals surface area contributed by atoms with E-state index in [1.54, 1.807) is 11.9 Å². The zero-order valence-electron chi connectivity index (χ0n) is 8.46. The topological polar surface area (TPSA) is 20.3 Å². The molecule has 14 heavy (non-hydrogen) atoms. The van der Waals surface area contributed by atoms with E-state index in [0.717, 1.165) is 17.7 Å². The number of anilines is 1. The highest BCUT2D eigenvalue weighted by atomic mass is 35.5. The Hall–Kier alpha value is -1.02. The minimum atomic E-state index is -0.0763. The molecule has 1 aromatic carbocycles. The van der Waals surface area contributed by atoms with Gasteiger partial charge in [-0.25, -0.2) is 0 Å². The molecule has 3 heteroatoms. The van der Waals surface area contributed by atoms with Crippen molar-refractivity contribution in [1.82, 2.24) is 0 Å². The first-order valence-corrected chi connectivity index (χ1v) is 5.14. The third kappa shape index (κ3) is 2.26. The van der Waals surface area contributed by atoms with E-state index < -0.39 is 0 Å². The molecule has 2 nitrogen and oxygen atoms in total. The fourth-order valence-electron chi connectivity index (χ4n) is 1.36. The monoisotopic (exact) mass is 211 g/mol. The van der Waals surface area contributed by atoms with Crippen molar-refractivity contribution in [2.45, 2.75) is 13.3 Å². The van der Waals surface area contributed by atoms with Gasteiger partial charge < -0.3 is 4.90 Å². The molecule has 0 heterocycles. The first kappa shape index (κ1) is 11.1. The number of hydrogen-bond acceptors (Lipinski definition) is 1. The fraction of sp³-hybridized carbons (Fsp3) is 0.364. The summed E-state index contributed by atoms with van der Waals surface area (Å²) in [6.45, 7) is 2.07. The number of nitrogens with zero attached hydrogens (tertiary/aromatic N) is 1. The number of rotatable bonds is 3. The van der Waals surface area contributed by atoms with E-state index in [9.17, 15) is 4.79 Å². The minimum Gasteiger partial charge on any atom is -0.314 e. The van der Waals surface area contributed by atoms with Crippen LogP contribution in [0.2, 0.25) is 0 Å². The normalized spacial score (nSPS) is 9.93. The molecule has 0 aliphatic heterocycles. The lowest BCUT2D eigenvalue weighted by molar-refractivity contribution is -0.116. The molecule has 0 fully saturated rings. The number of hydrogen-bond donors (Lipinski definition) is 0. The molecule has 0 saturated heterocycles. The molecular formula is C11H14ClNO. The molecule has 0 saturated carbocycles. The quantitative estimate of drug-likeness (QED) is 0.704. The van der Waals surface area contributed by atoms with Crippen LogP contribution in [0.1, 0.15) is 12.5 Å². The van der Waals surface area contributed by atoms with E-state index in [1.807, 2.05) is 24.3 Å². The maximum atomic E-state index is 11.4. The predicted octanol–water partition coefficient (Wildman–Crippen LogP) is 2.45. The van der Waals surface area contributed by atoms with Crippen LogP contribution in [0, 0.1) is 0 Å². The van der Waals surface area contributed by atoms with Gasteiger partial charge in [0.25, 0.3) is 0 Å². The number of amides is 1. The summed E-state index contributed by atoms with van der Waals surface area (Å²) in [5.74, 6) is -0.0540. The number of benzene rings is 1. The maximum absolute atomic E-state index is 11.4. The zero-order chi connectivity index (χ0) is 10.6. The Balaban J connectivity index is 2.99. The smallest absolute Gasteiger partial charge is 0.241 e. The van der Waals surface area contributed by atoms with Crippen LogP contribution in [0.3, 0.4) is 0 Å². The minimum absolute atomic E-state index is 0.0224. The molecule has 0 aliphatic rings. The molecule has 1 rings (SSSR count). The molecular weight excluding hydrogens is 198 g/mol. The Morgan fingerprint density at radius 1 is 1.43 bits per heavy atom. The van der Waals surface area contributed by atoms with Crippen LogP contribution in [0.4, 0.5) is 5.69 Å². The van der Waals surface area contributed by atoms with Crippen LogP contribution in [-0.4, -0.2) is 18.8 Å². The largest absolute Gasteiger partial charge is 0.314 e. The van der Waals surface area contributed by atoms with Gasteiger partial charge in [-0.3, -0.25) is 4.79 Å². The third-order valence-electron chi connectivity index (χ3n) is 2.22. The number of aryl methyl sites for hydroxylation is 1. The molecule has 0 spiro atoms. The number of carbonyl (C=O) groups is 1. The van der Waals surface area contributed by atoms with Crippen molar-refractivity contribution in [3.8, 4) is 0 Å². The Bertz CT molecular complexity index is 325. The van der Waals surface area contributed by atoms with E-state index in [-0.39, 0.29) is 11.8 Å². The molecule has 0 atom stereocenters. The van der Waals surface area contributed by atoms with Crippen molar-refractivity contribution in [2.24, 2.45) is 0 Å². The fourth-order valence-corrected chi connectivity index (χ4v) is 1.54. The maximum Gasteiger partial charge on any atom is 0.241 e. The van der Waals surface area contributed by atoms with Gasteiger partial charge in [0.15, 0.2) is 0 Å². The van der Waals surface area contributed by atoms with Gasteiger partial charge in [0.2, 0.25) is 5.91 Å². The number of para-hydroxylation sites is 1. The Labute approximate surface area is 89.5 Å². The van der Waals surface area contributed by atoms with Crippen LogP contribution in [-0.2, 0) is 11.2 Å². The summed E-state index contributed by atoms with van der Waals surface area (Å²) in [6.07, 6.45) is 0.913. The van der Waals surface area contributed by atoms with Gasteiger partial charge in [-0.2, -0.15) is 0 Å². The van der Waals surface area contributed by atoms with E-state index in [4.69, 9.17) is 11.6 Å². The lowest BCUT2D eigenvalue weighted by Crippen LogP contribution is -2.28. The molecule has 1 aromatic rings. The van der Waals surface area contributed by atoms with Gasteiger partial charge in [-0.1, -0.05) is 25.1 Å². The Kier molecular flexibility index (Phi) is 3.96. The SMILES string of the molecule is CCc1ccccc1N(C)C(=O)CCl. The van der Waals surface area contributed by atoms with Crippen LogP contribution < -0.4 is 4.90 Å². The molecule has 0 aliphatic carbocycles. The number of carbonyl (C=O) groups excluding carboxylic acids is 1. The van der Waals surface area contributed by atoms with Crippen LogP contribution in [0.25, 0.3) is 0 Å². The van der Waals surface area contributed by atoms with Gasteiger partial charge in [-0.05, 0) is 18.1 Å². The van der Waals surface area contributed by atoms with Gasteiger partial charge in [0, 0.05) is 12.7 Å². The van der Waals surface area contributed by atoms with E-state index in [1.165, 1.54) is 0 Å². The van der Waals surface area contributed by atoms with Crippen molar-refractivity contribution in [3.05, 3.63) is 29.8 Å². The molecule has 76 valence electrons. The highest BCUT2D eigenvalue weighted by Gasteiger charge is 2.11. The van der Waals surface area contributed by atoms with Crippen molar-refractivity contribution < 1.29 is 4.79 Å². The number of halogens is 1. The van der Waals surface area contributed by atoms with E-state index >= 15 is 0 Å². The van der Waals surface area contributed by atoms with Gasteiger partial charge in [-0.15, -0.1) is 11.6 Å². The molecule has 0 N–H and O–H groups in total. The first-order valence-electron chi connectivity index (χ1n) is 4.61. The van der Waals surface area contributed by atoms with Crippen LogP contribution >= 0.6 is 11.6 Å². The summed E-state index contributed by atoms with van der Waals surface area (Å²) < 4.78 is 0. The van der Waals surface area contributed by atoms with Crippen molar-refractivity contribution >= 4 is 23.2 Å².